The lowest BCUT2D eigenvalue weighted by molar-refractivity contribution is -0.129. The van der Waals surface area contributed by atoms with Crippen molar-refractivity contribution in [2.45, 2.75) is 89.4 Å². The lowest BCUT2D eigenvalue weighted by Crippen LogP contribution is -2.65. The Bertz CT molecular complexity index is 1350. The molecule has 2 fully saturated rings. The van der Waals surface area contributed by atoms with Crippen LogP contribution in [-0.2, 0) is 26.1 Å². The number of anilines is 1. The Morgan fingerprint density at radius 2 is 1.58 bits per heavy atom. The van der Waals surface area contributed by atoms with E-state index in [0.29, 0.717) is 42.6 Å². The number of hydrogen-bond donors (Lipinski definition) is 3. The fraction of sp³-hybridized carbons (Fsp3) is 0.562. The number of alkyl carbamates (subject to hydrolysis) is 1. The Labute approximate surface area is 255 Å². The van der Waals surface area contributed by atoms with Crippen LogP contribution in [0.15, 0.2) is 48.5 Å². The molecule has 2 amide bonds. The molecule has 0 aromatic heterocycles. The maximum Gasteiger partial charge on any atom is 0.408 e. The van der Waals surface area contributed by atoms with Gasteiger partial charge < -0.3 is 20.1 Å². The molecule has 2 atom stereocenters. The molecule has 1 saturated carbocycles. The van der Waals surface area contributed by atoms with E-state index in [1.807, 2.05) is 45.0 Å². The Balaban J connectivity index is 1.46. The van der Waals surface area contributed by atoms with Crippen LogP contribution >= 0.6 is 0 Å². The molecule has 0 radical (unpaired) electrons. The Morgan fingerprint density at radius 3 is 2.14 bits per heavy atom. The number of amides is 2. The van der Waals surface area contributed by atoms with Crippen molar-refractivity contribution in [1.82, 2.24) is 15.5 Å². The molecular weight excluding hydrogens is 568 g/mol. The average molecular weight is 615 g/mol. The lowest BCUT2D eigenvalue weighted by atomic mass is 9.68. The lowest BCUT2D eigenvalue weighted by Gasteiger charge is -2.51. The summed E-state index contributed by atoms with van der Waals surface area (Å²) >= 11 is 0. The highest BCUT2D eigenvalue weighted by molar-refractivity contribution is 7.92. The minimum absolute atomic E-state index is 0.0559. The third kappa shape index (κ3) is 9.34. The number of hydrogen-bond acceptors (Lipinski definition) is 7. The molecule has 2 aliphatic rings. The second-order valence-electron chi connectivity index (χ2n) is 12.8. The van der Waals surface area contributed by atoms with Crippen molar-refractivity contribution >= 4 is 27.7 Å². The van der Waals surface area contributed by atoms with Gasteiger partial charge in [-0.2, -0.15) is 0 Å². The number of sulfonamides is 1. The zero-order valence-electron chi connectivity index (χ0n) is 25.9. The highest BCUT2D eigenvalue weighted by atomic mass is 32.2. The smallest absolute Gasteiger partial charge is 0.408 e. The average Bonchev–Trinajstić information content (AvgIpc) is 2.94. The molecule has 1 aliphatic carbocycles. The summed E-state index contributed by atoms with van der Waals surface area (Å²) in [5.41, 5.74) is 0.402. The second-order valence-corrected chi connectivity index (χ2v) is 14.6. The molecule has 0 bridgehead atoms. The molecular formula is C32H46N4O6S. The summed E-state index contributed by atoms with van der Waals surface area (Å²) in [6, 6.07) is 14.0. The van der Waals surface area contributed by atoms with Crippen LogP contribution in [0.3, 0.4) is 0 Å². The molecule has 1 aliphatic heterocycles. The largest absolute Gasteiger partial charge is 0.457 e. The van der Waals surface area contributed by atoms with Gasteiger partial charge in [0.2, 0.25) is 15.9 Å². The van der Waals surface area contributed by atoms with Gasteiger partial charge in [-0.15, -0.1) is 0 Å². The molecule has 2 unspecified atom stereocenters. The van der Waals surface area contributed by atoms with Crippen molar-refractivity contribution in [1.29, 1.82) is 0 Å². The SMILES string of the molecule is CNC(=O)C1CC(NC(=O)OC(C)(C)C)(C2CCCCC2)CCN1Cc1ccc(Oc2ccc(NS(C)(=O)=O)cc2)cc1. The highest BCUT2D eigenvalue weighted by Crippen LogP contribution is 2.41. The fourth-order valence-corrected chi connectivity index (χ4v) is 6.84. The first-order chi connectivity index (χ1) is 20.2. The number of carbonyl (C=O) groups excluding carboxylic acids is 2. The van der Waals surface area contributed by atoms with E-state index in [-0.39, 0.29) is 5.91 Å². The molecule has 0 spiro atoms. The molecule has 3 N–H and O–H groups in total. The fourth-order valence-electron chi connectivity index (χ4n) is 6.28. The van der Waals surface area contributed by atoms with Crippen LogP contribution in [0.2, 0.25) is 0 Å². The van der Waals surface area contributed by atoms with Gasteiger partial charge in [0.25, 0.3) is 0 Å². The molecule has 4 rings (SSSR count). The van der Waals surface area contributed by atoms with Crippen LogP contribution < -0.4 is 20.1 Å². The van der Waals surface area contributed by atoms with Gasteiger partial charge in [0.05, 0.1) is 12.3 Å². The van der Waals surface area contributed by atoms with Crippen LogP contribution in [0.25, 0.3) is 0 Å². The summed E-state index contributed by atoms with van der Waals surface area (Å²) in [6.45, 7) is 6.83. The van der Waals surface area contributed by atoms with Crippen LogP contribution in [-0.4, -0.2) is 62.3 Å². The summed E-state index contributed by atoms with van der Waals surface area (Å²) in [7, 11) is -1.68. The molecule has 43 heavy (non-hydrogen) atoms. The van der Waals surface area contributed by atoms with E-state index in [0.717, 1.165) is 43.9 Å². The number of rotatable bonds is 9. The minimum Gasteiger partial charge on any atom is -0.457 e. The maximum atomic E-state index is 13.3. The second kappa shape index (κ2) is 13.5. The maximum absolute atomic E-state index is 13.3. The van der Waals surface area contributed by atoms with Gasteiger partial charge in [-0.3, -0.25) is 14.4 Å². The van der Waals surface area contributed by atoms with E-state index >= 15 is 0 Å². The summed E-state index contributed by atoms with van der Waals surface area (Å²) in [5.74, 6) is 1.47. The minimum atomic E-state index is -3.35. The van der Waals surface area contributed by atoms with Crippen molar-refractivity contribution in [3.8, 4) is 11.5 Å². The van der Waals surface area contributed by atoms with Crippen molar-refractivity contribution < 1.29 is 27.5 Å². The van der Waals surface area contributed by atoms with E-state index < -0.39 is 33.3 Å². The number of benzene rings is 2. The number of ether oxygens (including phenoxy) is 2. The van der Waals surface area contributed by atoms with Crippen molar-refractivity contribution in [2.75, 3.05) is 24.6 Å². The molecule has 11 heteroatoms. The van der Waals surface area contributed by atoms with E-state index in [4.69, 9.17) is 9.47 Å². The Kier molecular flexibility index (Phi) is 10.3. The highest BCUT2D eigenvalue weighted by Gasteiger charge is 2.48. The Morgan fingerprint density at radius 1 is 0.977 bits per heavy atom. The van der Waals surface area contributed by atoms with Gasteiger partial charge in [0.1, 0.15) is 17.1 Å². The van der Waals surface area contributed by atoms with Gasteiger partial charge in [-0.25, -0.2) is 13.2 Å². The predicted molar refractivity (Wildman–Crippen MR) is 168 cm³/mol. The summed E-state index contributed by atoms with van der Waals surface area (Å²) in [6.07, 6.45) is 7.50. The van der Waals surface area contributed by atoms with E-state index in [1.165, 1.54) is 6.42 Å². The van der Waals surface area contributed by atoms with Gasteiger partial charge in [-0.05, 0) is 94.3 Å². The molecule has 1 saturated heterocycles. The first-order valence-corrected chi connectivity index (χ1v) is 17.0. The van der Waals surface area contributed by atoms with Crippen molar-refractivity contribution in [2.24, 2.45) is 5.92 Å². The van der Waals surface area contributed by atoms with Crippen LogP contribution in [0.1, 0.15) is 71.3 Å². The van der Waals surface area contributed by atoms with Gasteiger partial charge in [0.15, 0.2) is 0 Å². The zero-order chi connectivity index (χ0) is 31.3. The van der Waals surface area contributed by atoms with E-state index in [9.17, 15) is 18.0 Å². The summed E-state index contributed by atoms with van der Waals surface area (Å²) in [5, 5.41) is 6.13. The number of nitrogens with one attached hydrogen (secondary N) is 3. The first-order valence-electron chi connectivity index (χ1n) is 15.1. The quantitative estimate of drug-likeness (QED) is 0.345. The zero-order valence-corrected chi connectivity index (χ0v) is 26.8. The van der Waals surface area contributed by atoms with Crippen LogP contribution in [0.4, 0.5) is 10.5 Å². The standard InChI is InChI=1S/C32H46N4O6S/c1-31(2,3)42-30(38)34-32(24-9-7-6-8-10-24)19-20-36(28(21-32)29(37)33-4)22-23-11-15-26(16-12-23)41-27-17-13-25(14-18-27)35-43(5,39)40/h11-18,24,28,35H,6-10,19-22H2,1-5H3,(H,33,37)(H,34,38). The van der Waals surface area contributed by atoms with E-state index in [2.05, 4.69) is 20.3 Å². The van der Waals surface area contributed by atoms with Crippen LogP contribution in [0, 0.1) is 5.92 Å². The third-order valence-electron chi connectivity index (χ3n) is 8.23. The molecule has 236 valence electrons. The van der Waals surface area contributed by atoms with Gasteiger partial charge in [-0.1, -0.05) is 31.4 Å². The van der Waals surface area contributed by atoms with Crippen molar-refractivity contribution in [3.63, 3.8) is 0 Å². The normalized spacial score (nSPS) is 21.9. The van der Waals surface area contributed by atoms with Crippen LogP contribution in [0.5, 0.6) is 11.5 Å². The van der Waals surface area contributed by atoms with Crippen molar-refractivity contribution in [3.05, 3.63) is 54.1 Å². The molecule has 2 aromatic rings. The van der Waals surface area contributed by atoms with Gasteiger partial charge in [0, 0.05) is 31.4 Å². The summed E-state index contributed by atoms with van der Waals surface area (Å²) < 4.78 is 36.9. The number of piperidine rings is 1. The summed E-state index contributed by atoms with van der Waals surface area (Å²) in [4.78, 5) is 28.5. The molecule has 10 nitrogen and oxygen atoms in total. The van der Waals surface area contributed by atoms with E-state index in [1.54, 1.807) is 31.3 Å². The number of carbonyl (C=O) groups is 2. The molecule has 1 heterocycles. The third-order valence-corrected chi connectivity index (χ3v) is 8.84. The monoisotopic (exact) mass is 614 g/mol. The predicted octanol–water partition coefficient (Wildman–Crippen LogP) is 5.40. The number of likely N-dealkylation sites (tertiary alicyclic amines) is 1. The Hall–Kier alpha value is -3.31. The first kappa shape index (κ1) is 32.6. The van der Waals surface area contributed by atoms with Gasteiger partial charge >= 0.3 is 6.09 Å². The number of nitrogens with zero attached hydrogens (tertiary/aromatic N) is 1. The number of likely N-dealkylation sites (N-methyl/N-ethyl adjacent to an activating group) is 1. The topological polar surface area (TPSA) is 126 Å². The molecule has 2 aromatic carbocycles.